The first kappa shape index (κ1) is 17.7. The van der Waals surface area contributed by atoms with E-state index in [0.717, 1.165) is 12.8 Å². The van der Waals surface area contributed by atoms with Crippen LogP contribution in [0.25, 0.3) is 10.4 Å². The smallest absolute Gasteiger partial charge is 0.261 e. The van der Waals surface area contributed by atoms with E-state index in [1.54, 1.807) is 54.6 Å². The summed E-state index contributed by atoms with van der Waals surface area (Å²) < 4.78 is 5.61. The van der Waals surface area contributed by atoms with Crippen LogP contribution in [0.4, 0.5) is 5.69 Å². The Balaban J connectivity index is 1.95. The highest BCUT2D eigenvalue weighted by Crippen LogP contribution is 2.23. The van der Waals surface area contributed by atoms with E-state index in [1.165, 1.54) is 4.90 Å². The Morgan fingerprint density at radius 1 is 1.12 bits per heavy atom. The summed E-state index contributed by atoms with van der Waals surface area (Å²) in [6, 6.07) is 15.1. The average Bonchev–Trinajstić information content (AvgIpc) is 3.20. The van der Waals surface area contributed by atoms with E-state index in [2.05, 4.69) is 10.0 Å². The van der Waals surface area contributed by atoms with Crippen molar-refractivity contribution >= 4 is 17.5 Å². The third-order valence-electron chi connectivity index (χ3n) is 4.21. The van der Waals surface area contributed by atoms with Crippen molar-refractivity contribution in [1.82, 2.24) is 4.90 Å². The van der Waals surface area contributed by atoms with Crippen LogP contribution in [0.2, 0.25) is 0 Å². The lowest BCUT2D eigenvalue weighted by Gasteiger charge is -2.24. The van der Waals surface area contributed by atoms with Crippen LogP contribution in [0.3, 0.4) is 0 Å². The number of benzene rings is 2. The third-order valence-corrected chi connectivity index (χ3v) is 4.21. The largest absolute Gasteiger partial charge is 0.376 e. The minimum Gasteiger partial charge on any atom is -0.376 e. The van der Waals surface area contributed by atoms with E-state index in [4.69, 9.17) is 10.3 Å². The molecule has 7 heteroatoms. The number of ether oxygens (including phenoxy) is 1. The summed E-state index contributed by atoms with van der Waals surface area (Å²) in [6.07, 6.45) is 1.52. The van der Waals surface area contributed by atoms with Crippen molar-refractivity contribution in [3.63, 3.8) is 0 Å². The van der Waals surface area contributed by atoms with Crippen molar-refractivity contribution in [3.8, 4) is 0 Å². The number of hydrogen-bond donors (Lipinski definition) is 0. The maximum Gasteiger partial charge on any atom is 0.261 e. The summed E-state index contributed by atoms with van der Waals surface area (Å²) in [4.78, 5) is 30.0. The lowest BCUT2D eigenvalue weighted by atomic mass is 10.1. The number of amides is 2. The minimum atomic E-state index is -0.502. The molecule has 0 radical (unpaired) electrons. The second kappa shape index (κ2) is 8.29. The van der Waals surface area contributed by atoms with Crippen molar-refractivity contribution in [2.24, 2.45) is 5.11 Å². The van der Waals surface area contributed by atoms with Crippen molar-refractivity contribution < 1.29 is 14.3 Å². The zero-order valence-electron chi connectivity index (χ0n) is 14.1. The van der Waals surface area contributed by atoms with Gasteiger partial charge in [0.05, 0.1) is 18.3 Å². The van der Waals surface area contributed by atoms with E-state index in [-0.39, 0.29) is 23.9 Å². The number of carbonyl (C=O) groups is 2. The normalized spacial score (nSPS) is 15.9. The van der Waals surface area contributed by atoms with E-state index in [1.807, 2.05) is 0 Å². The van der Waals surface area contributed by atoms with Gasteiger partial charge in [0.15, 0.2) is 0 Å². The maximum absolute atomic E-state index is 13.1. The predicted molar refractivity (Wildman–Crippen MR) is 96.0 cm³/mol. The van der Waals surface area contributed by atoms with Gasteiger partial charge in [-0.2, -0.15) is 0 Å². The molecule has 2 aromatic carbocycles. The molecule has 0 N–H and O–H groups in total. The lowest BCUT2D eigenvalue weighted by Crippen LogP contribution is -2.42. The van der Waals surface area contributed by atoms with E-state index < -0.39 is 11.8 Å². The van der Waals surface area contributed by atoms with Crippen molar-refractivity contribution in [3.05, 3.63) is 76.2 Å². The molecule has 3 rings (SSSR count). The van der Waals surface area contributed by atoms with Crippen molar-refractivity contribution in [1.29, 1.82) is 0 Å². The highest BCUT2D eigenvalue weighted by molar-refractivity contribution is 6.12. The van der Waals surface area contributed by atoms with Gasteiger partial charge < -0.3 is 4.74 Å². The minimum absolute atomic E-state index is 0.164. The Morgan fingerprint density at radius 2 is 1.85 bits per heavy atom. The molecule has 0 saturated carbocycles. The molecule has 1 heterocycles. The Hall–Kier alpha value is -3.15. The first-order chi connectivity index (χ1) is 12.7. The molecular formula is C19H18N4O3. The molecule has 1 unspecified atom stereocenters. The summed E-state index contributed by atoms with van der Waals surface area (Å²) in [5, 5.41) is 3.56. The van der Waals surface area contributed by atoms with E-state index in [0.29, 0.717) is 12.2 Å². The lowest BCUT2D eigenvalue weighted by molar-refractivity contribution is 0.0443. The first-order valence-corrected chi connectivity index (χ1v) is 8.37. The predicted octanol–water partition coefficient (Wildman–Crippen LogP) is 4.09. The van der Waals surface area contributed by atoms with Crippen LogP contribution in [0.15, 0.2) is 59.7 Å². The number of rotatable bonds is 5. The second-order valence-corrected chi connectivity index (χ2v) is 5.93. The van der Waals surface area contributed by atoms with Crippen LogP contribution in [0.1, 0.15) is 33.6 Å². The SMILES string of the molecule is [N-]=[N+]=Nc1ccccc1C(=O)N(CC1CCCO1)C(=O)c1ccccc1. The van der Waals surface area contributed by atoms with Gasteiger partial charge in [0.1, 0.15) is 0 Å². The molecule has 0 bridgehead atoms. The van der Waals surface area contributed by atoms with Crippen molar-refractivity contribution in [2.45, 2.75) is 18.9 Å². The number of azide groups is 1. The number of hydrogen-bond acceptors (Lipinski definition) is 4. The topological polar surface area (TPSA) is 95.4 Å². The molecule has 26 heavy (non-hydrogen) atoms. The van der Waals surface area contributed by atoms with Crippen LogP contribution in [0.5, 0.6) is 0 Å². The fourth-order valence-electron chi connectivity index (χ4n) is 2.92. The van der Waals surface area contributed by atoms with Gasteiger partial charge in [0.25, 0.3) is 11.8 Å². The van der Waals surface area contributed by atoms with Gasteiger partial charge in [-0.15, -0.1) is 0 Å². The molecule has 0 aromatic heterocycles. The summed E-state index contributed by atoms with van der Waals surface area (Å²) in [6.45, 7) is 0.790. The average molecular weight is 350 g/mol. The Bertz CT molecular complexity index is 841. The van der Waals surface area contributed by atoms with Crippen LogP contribution in [-0.4, -0.2) is 36.0 Å². The van der Waals surface area contributed by atoms with Crippen molar-refractivity contribution in [2.75, 3.05) is 13.2 Å². The third kappa shape index (κ3) is 3.91. The zero-order chi connectivity index (χ0) is 18.4. The summed E-state index contributed by atoms with van der Waals surface area (Å²) in [7, 11) is 0. The van der Waals surface area contributed by atoms with Gasteiger partial charge in [-0.05, 0) is 36.6 Å². The molecule has 2 amide bonds. The quantitative estimate of drug-likeness (QED) is 0.352. The molecule has 1 aliphatic heterocycles. The fourth-order valence-corrected chi connectivity index (χ4v) is 2.92. The van der Waals surface area contributed by atoms with Gasteiger partial charge in [-0.25, -0.2) is 0 Å². The van der Waals surface area contributed by atoms with Gasteiger partial charge >= 0.3 is 0 Å². The van der Waals surface area contributed by atoms with Crippen LogP contribution >= 0.6 is 0 Å². The van der Waals surface area contributed by atoms with Gasteiger partial charge in [-0.1, -0.05) is 41.5 Å². The highest BCUT2D eigenvalue weighted by Gasteiger charge is 2.29. The molecular weight excluding hydrogens is 332 g/mol. The van der Waals surface area contributed by atoms with Crippen LogP contribution in [0, 0.1) is 0 Å². The Kier molecular flexibility index (Phi) is 5.63. The first-order valence-electron chi connectivity index (χ1n) is 8.37. The molecule has 1 aliphatic rings. The Morgan fingerprint density at radius 3 is 2.54 bits per heavy atom. The van der Waals surface area contributed by atoms with Crippen LogP contribution in [-0.2, 0) is 4.74 Å². The second-order valence-electron chi connectivity index (χ2n) is 5.93. The van der Waals surface area contributed by atoms with E-state index in [9.17, 15) is 9.59 Å². The van der Waals surface area contributed by atoms with Gasteiger partial charge in [0, 0.05) is 22.6 Å². The molecule has 1 saturated heterocycles. The molecule has 1 fully saturated rings. The molecule has 0 spiro atoms. The standard InChI is InChI=1S/C19H18N4O3/c20-22-21-17-11-5-4-10-16(17)19(25)23(13-15-9-6-12-26-15)18(24)14-7-2-1-3-8-14/h1-5,7-8,10-11,15H,6,9,12-13H2. The highest BCUT2D eigenvalue weighted by atomic mass is 16.5. The molecule has 1 atom stereocenters. The van der Waals surface area contributed by atoms with Crippen LogP contribution < -0.4 is 0 Å². The molecule has 0 aliphatic carbocycles. The summed E-state index contributed by atoms with van der Waals surface area (Å²) in [5.41, 5.74) is 9.53. The fraction of sp³-hybridized carbons (Fsp3) is 0.263. The number of imide groups is 1. The van der Waals surface area contributed by atoms with Gasteiger partial charge in [-0.3, -0.25) is 14.5 Å². The molecule has 7 nitrogen and oxygen atoms in total. The van der Waals surface area contributed by atoms with E-state index >= 15 is 0 Å². The zero-order valence-corrected chi connectivity index (χ0v) is 14.1. The number of nitrogens with zero attached hydrogens (tertiary/aromatic N) is 4. The summed E-state index contributed by atoms with van der Waals surface area (Å²) in [5.74, 6) is -0.904. The maximum atomic E-state index is 13.1. The van der Waals surface area contributed by atoms with Gasteiger partial charge in [0.2, 0.25) is 0 Å². The molecule has 2 aromatic rings. The molecule has 132 valence electrons. The monoisotopic (exact) mass is 350 g/mol. The summed E-state index contributed by atoms with van der Waals surface area (Å²) >= 11 is 0. The number of carbonyl (C=O) groups excluding carboxylic acids is 2. The Labute approximate surface area is 150 Å².